The molecule has 5 heteroatoms. The van der Waals surface area contributed by atoms with Gasteiger partial charge in [-0.2, -0.15) is 0 Å². The van der Waals surface area contributed by atoms with E-state index in [0.717, 1.165) is 23.3 Å². The minimum Gasteiger partial charge on any atom is -0.493 e. The Labute approximate surface area is 145 Å². The van der Waals surface area contributed by atoms with Crippen molar-refractivity contribution < 1.29 is 14.2 Å². The summed E-state index contributed by atoms with van der Waals surface area (Å²) in [5.41, 5.74) is 1.60. The molecule has 1 aliphatic rings. The molecule has 0 amide bonds. The van der Waals surface area contributed by atoms with Crippen LogP contribution >= 0.6 is 0 Å². The molecular weight excluding hydrogens is 304 g/mol. The van der Waals surface area contributed by atoms with Crippen LogP contribution in [0.5, 0.6) is 5.75 Å². The number of ether oxygens (including phenoxy) is 3. The van der Waals surface area contributed by atoms with Crippen molar-refractivity contribution in [3.63, 3.8) is 0 Å². The Balaban J connectivity index is 2.20. The lowest BCUT2D eigenvalue weighted by Crippen LogP contribution is -2.44. The first-order valence-corrected chi connectivity index (χ1v) is 8.84. The van der Waals surface area contributed by atoms with Gasteiger partial charge in [0.2, 0.25) is 0 Å². The molecule has 5 nitrogen and oxygen atoms in total. The van der Waals surface area contributed by atoms with Crippen molar-refractivity contribution in [2.45, 2.75) is 47.0 Å². The smallest absolute Gasteiger partial charge is 0.279 e. The van der Waals surface area contributed by atoms with Gasteiger partial charge in [0.1, 0.15) is 11.6 Å². The molecular formula is C19H30N2O3. The summed E-state index contributed by atoms with van der Waals surface area (Å²) in [6.07, 6.45) is 1.14. The molecule has 1 aromatic rings. The fraction of sp³-hybridized carbons (Fsp3) is 0.632. The number of rotatable bonds is 9. The predicted molar refractivity (Wildman–Crippen MR) is 95.5 cm³/mol. The van der Waals surface area contributed by atoms with Gasteiger partial charge in [-0.25, -0.2) is 0 Å². The van der Waals surface area contributed by atoms with Gasteiger partial charge in [-0.1, -0.05) is 20.8 Å². The molecule has 1 aromatic carbocycles. The van der Waals surface area contributed by atoms with Crippen molar-refractivity contribution >= 4 is 5.84 Å². The lowest BCUT2D eigenvalue weighted by Gasteiger charge is -2.29. The van der Waals surface area contributed by atoms with Crippen LogP contribution in [-0.2, 0) is 15.4 Å². The van der Waals surface area contributed by atoms with E-state index in [1.807, 2.05) is 32.0 Å². The summed E-state index contributed by atoms with van der Waals surface area (Å²) in [6.45, 7) is 12.1. The number of fused-ring (bicyclic) bond motifs is 1. The number of benzene rings is 1. The normalized spacial score (nSPS) is 16.8. The molecule has 1 unspecified atom stereocenters. The number of amidine groups is 1. The fourth-order valence-electron chi connectivity index (χ4n) is 3.19. The van der Waals surface area contributed by atoms with E-state index < -0.39 is 5.91 Å². The fourth-order valence-corrected chi connectivity index (χ4v) is 3.19. The van der Waals surface area contributed by atoms with Crippen LogP contribution in [0.3, 0.4) is 0 Å². The molecule has 0 radical (unpaired) electrons. The van der Waals surface area contributed by atoms with E-state index in [2.05, 4.69) is 26.1 Å². The summed E-state index contributed by atoms with van der Waals surface area (Å²) in [5.74, 6) is 1.17. The molecule has 0 bridgehead atoms. The summed E-state index contributed by atoms with van der Waals surface area (Å²) in [5, 5.41) is 11.2. The Kier molecular flexibility index (Phi) is 6.24. The standard InChI is InChI=1S/C19H30N2O3/c1-6-23-19(24-7-2)17-11-15(8-9-16(17)18(20)21-19)22-12-14(5)10-13(3)4/h8-9,11,13-14H,6-7,10,12H2,1-5H3,(H2,20,21). The first-order valence-electron chi connectivity index (χ1n) is 8.84. The van der Waals surface area contributed by atoms with Crippen LogP contribution in [0.4, 0.5) is 0 Å². The van der Waals surface area contributed by atoms with E-state index in [-0.39, 0.29) is 0 Å². The number of hydrogen-bond donors (Lipinski definition) is 2. The van der Waals surface area contributed by atoms with Crippen LogP contribution in [0, 0.1) is 17.2 Å². The first-order chi connectivity index (χ1) is 11.4. The topological polar surface area (TPSA) is 63.6 Å². The van der Waals surface area contributed by atoms with Gasteiger partial charge in [-0.3, -0.25) is 5.41 Å². The van der Waals surface area contributed by atoms with Crippen molar-refractivity contribution in [2.75, 3.05) is 19.8 Å². The molecule has 134 valence electrons. The highest BCUT2D eigenvalue weighted by atomic mass is 16.7. The zero-order chi connectivity index (χ0) is 17.7. The maximum Gasteiger partial charge on any atom is 0.279 e. The van der Waals surface area contributed by atoms with E-state index in [1.54, 1.807) is 0 Å². The Hall–Kier alpha value is -1.59. The predicted octanol–water partition coefficient (Wildman–Crippen LogP) is 3.86. The number of nitrogens with one attached hydrogen (secondary N) is 2. The van der Waals surface area contributed by atoms with Gasteiger partial charge in [0.25, 0.3) is 5.91 Å². The zero-order valence-corrected chi connectivity index (χ0v) is 15.4. The average molecular weight is 334 g/mol. The Morgan fingerprint density at radius 1 is 1.12 bits per heavy atom. The van der Waals surface area contributed by atoms with Crippen LogP contribution < -0.4 is 10.1 Å². The SMILES string of the molecule is CCOC1(OCC)NC(=N)c2ccc(OCC(C)CC(C)C)cc21. The molecule has 0 aromatic heterocycles. The third kappa shape index (κ3) is 4.08. The third-order valence-electron chi connectivity index (χ3n) is 4.01. The highest BCUT2D eigenvalue weighted by molar-refractivity contribution is 6.01. The van der Waals surface area contributed by atoms with E-state index in [0.29, 0.717) is 37.5 Å². The maximum absolute atomic E-state index is 8.15. The van der Waals surface area contributed by atoms with Gasteiger partial charge in [-0.15, -0.1) is 0 Å². The lowest BCUT2D eigenvalue weighted by atomic mass is 10.00. The summed E-state index contributed by atoms with van der Waals surface area (Å²) < 4.78 is 17.6. The zero-order valence-electron chi connectivity index (χ0n) is 15.4. The molecule has 0 saturated heterocycles. The summed E-state index contributed by atoms with van der Waals surface area (Å²) >= 11 is 0. The summed E-state index contributed by atoms with van der Waals surface area (Å²) in [6, 6.07) is 5.73. The second-order valence-corrected chi connectivity index (χ2v) is 6.74. The van der Waals surface area contributed by atoms with Gasteiger partial charge in [0, 0.05) is 24.3 Å². The monoisotopic (exact) mass is 334 g/mol. The molecule has 1 heterocycles. The minimum atomic E-state index is -1.08. The molecule has 1 aliphatic heterocycles. The van der Waals surface area contributed by atoms with Crippen LogP contribution in [0.2, 0.25) is 0 Å². The largest absolute Gasteiger partial charge is 0.493 e. The van der Waals surface area contributed by atoms with Gasteiger partial charge < -0.3 is 19.5 Å². The summed E-state index contributed by atoms with van der Waals surface area (Å²) in [7, 11) is 0. The third-order valence-corrected chi connectivity index (χ3v) is 4.01. The Bertz CT molecular complexity index is 566. The molecule has 0 spiro atoms. The van der Waals surface area contributed by atoms with Gasteiger partial charge in [-0.05, 0) is 50.3 Å². The summed E-state index contributed by atoms with van der Waals surface area (Å²) in [4.78, 5) is 0. The van der Waals surface area contributed by atoms with Crippen LogP contribution in [0.15, 0.2) is 18.2 Å². The van der Waals surface area contributed by atoms with Gasteiger partial charge in [0.15, 0.2) is 0 Å². The second kappa shape index (κ2) is 7.99. The van der Waals surface area contributed by atoms with Crippen LogP contribution in [0.25, 0.3) is 0 Å². The maximum atomic E-state index is 8.15. The van der Waals surface area contributed by atoms with Crippen LogP contribution in [0.1, 0.15) is 52.2 Å². The highest BCUT2D eigenvalue weighted by Gasteiger charge is 2.43. The van der Waals surface area contributed by atoms with Crippen molar-refractivity contribution in [3.8, 4) is 5.75 Å². The Morgan fingerprint density at radius 3 is 2.38 bits per heavy atom. The van der Waals surface area contributed by atoms with E-state index >= 15 is 0 Å². The average Bonchev–Trinajstić information content (AvgIpc) is 2.78. The van der Waals surface area contributed by atoms with Crippen LogP contribution in [-0.4, -0.2) is 25.7 Å². The van der Waals surface area contributed by atoms with E-state index in [4.69, 9.17) is 19.6 Å². The lowest BCUT2D eigenvalue weighted by molar-refractivity contribution is -0.249. The molecule has 24 heavy (non-hydrogen) atoms. The Morgan fingerprint density at radius 2 is 1.79 bits per heavy atom. The number of hydrogen-bond acceptors (Lipinski definition) is 4. The van der Waals surface area contributed by atoms with Crippen molar-refractivity contribution in [2.24, 2.45) is 11.8 Å². The van der Waals surface area contributed by atoms with Gasteiger partial charge in [0.05, 0.1) is 6.61 Å². The van der Waals surface area contributed by atoms with Crippen molar-refractivity contribution in [3.05, 3.63) is 29.3 Å². The van der Waals surface area contributed by atoms with Crippen molar-refractivity contribution in [1.82, 2.24) is 5.32 Å². The molecule has 0 saturated carbocycles. The van der Waals surface area contributed by atoms with Crippen molar-refractivity contribution in [1.29, 1.82) is 5.41 Å². The molecule has 0 aliphatic carbocycles. The molecule has 0 fully saturated rings. The molecule has 2 rings (SSSR count). The molecule has 2 N–H and O–H groups in total. The van der Waals surface area contributed by atoms with E-state index in [9.17, 15) is 0 Å². The molecule has 1 atom stereocenters. The highest BCUT2D eigenvalue weighted by Crippen LogP contribution is 2.36. The minimum absolute atomic E-state index is 0.312. The van der Waals surface area contributed by atoms with Gasteiger partial charge >= 0.3 is 0 Å². The quantitative estimate of drug-likeness (QED) is 0.673. The second-order valence-electron chi connectivity index (χ2n) is 6.74. The van der Waals surface area contributed by atoms with E-state index in [1.165, 1.54) is 0 Å². The first kappa shape index (κ1) is 18.7.